The van der Waals surface area contributed by atoms with Crippen LogP contribution in [0.4, 0.5) is 4.39 Å². The highest BCUT2D eigenvalue weighted by atomic mass is 19.1. The third-order valence-electron chi connectivity index (χ3n) is 2.38. The summed E-state index contributed by atoms with van der Waals surface area (Å²) in [5.74, 6) is -0.938. The largest absolute Gasteiger partial charge is 0.207 e. The molecule has 2 nitrogen and oxygen atoms in total. The van der Waals surface area contributed by atoms with Crippen molar-refractivity contribution in [1.29, 1.82) is 10.5 Å². The lowest BCUT2D eigenvalue weighted by molar-refractivity contribution is 0.623. The highest BCUT2D eigenvalue weighted by Crippen LogP contribution is 2.19. The lowest BCUT2D eigenvalue weighted by atomic mass is 9.94. The summed E-state index contributed by atoms with van der Waals surface area (Å²) in [4.78, 5) is 0. The first-order chi connectivity index (χ1) is 7.08. The molecule has 0 N–H and O–H groups in total. The summed E-state index contributed by atoms with van der Waals surface area (Å²) in [6.07, 6.45) is 0.366. The minimum absolute atomic E-state index is 0.279. The number of benzene rings is 1. The van der Waals surface area contributed by atoms with Crippen molar-refractivity contribution in [1.82, 2.24) is 0 Å². The van der Waals surface area contributed by atoms with Gasteiger partial charge in [0.1, 0.15) is 11.7 Å². The molecule has 0 fully saturated rings. The lowest BCUT2D eigenvalue weighted by Crippen LogP contribution is -2.03. The van der Waals surface area contributed by atoms with Crippen molar-refractivity contribution < 1.29 is 4.39 Å². The molecule has 0 aromatic heterocycles. The molecule has 0 heterocycles. The molecule has 76 valence electrons. The van der Waals surface area contributed by atoms with E-state index in [2.05, 4.69) is 0 Å². The van der Waals surface area contributed by atoms with Gasteiger partial charge in [-0.2, -0.15) is 10.5 Å². The molecule has 0 spiro atoms. The molecule has 0 aliphatic rings. The van der Waals surface area contributed by atoms with Crippen molar-refractivity contribution >= 4 is 0 Å². The Morgan fingerprint density at radius 2 is 1.67 bits per heavy atom. The molecule has 0 unspecified atom stereocenters. The van der Waals surface area contributed by atoms with E-state index in [9.17, 15) is 4.39 Å². The maximum atomic E-state index is 13.0. The van der Waals surface area contributed by atoms with E-state index in [1.165, 1.54) is 12.1 Å². The Bertz CT molecular complexity index is 415. The summed E-state index contributed by atoms with van der Waals surface area (Å²) < 4.78 is 13.0. The van der Waals surface area contributed by atoms with E-state index in [1.807, 2.05) is 12.1 Å². The van der Waals surface area contributed by atoms with Gasteiger partial charge >= 0.3 is 0 Å². The molecule has 0 saturated heterocycles. The third kappa shape index (κ3) is 2.54. The number of hydrogen-bond donors (Lipinski definition) is 0. The van der Waals surface area contributed by atoms with Crippen molar-refractivity contribution in [3.63, 3.8) is 0 Å². The van der Waals surface area contributed by atoms with Gasteiger partial charge in [0.15, 0.2) is 0 Å². The Labute approximate surface area is 88.6 Å². The second kappa shape index (κ2) is 4.57. The molecule has 0 aliphatic heterocycles. The topological polar surface area (TPSA) is 47.6 Å². The molecular formula is C12H11FN2. The fraction of sp³-hybridized carbons (Fsp3) is 0.333. The minimum Gasteiger partial charge on any atom is -0.207 e. The summed E-state index contributed by atoms with van der Waals surface area (Å²) in [5, 5.41) is 17.4. The van der Waals surface area contributed by atoms with Gasteiger partial charge in [-0.15, -0.1) is 0 Å². The van der Waals surface area contributed by atoms with Gasteiger partial charge in [-0.05, 0) is 42.7 Å². The van der Waals surface area contributed by atoms with E-state index in [-0.39, 0.29) is 5.82 Å². The van der Waals surface area contributed by atoms with Gasteiger partial charge in [0.2, 0.25) is 0 Å². The van der Waals surface area contributed by atoms with Crippen LogP contribution in [0.5, 0.6) is 0 Å². The number of aryl methyl sites for hydroxylation is 2. The fourth-order valence-corrected chi connectivity index (χ4v) is 1.59. The normalized spacial score (nSPS) is 9.73. The minimum atomic E-state index is -0.659. The highest BCUT2D eigenvalue weighted by Gasteiger charge is 2.12. The van der Waals surface area contributed by atoms with E-state index in [4.69, 9.17) is 10.5 Å². The molecule has 0 atom stereocenters. The Kier molecular flexibility index (Phi) is 3.42. The van der Waals surface area contributed by atoms with Crippen LogP contribution in [-0.2, 0) is 6.42 Å². The maximum Gasteiger partial charge on any atom is 0.137 e. The Morgan fingerprint density at radius 1 is 1.20 bits per heavy atom. The molecule has 0 saturated carbocycles. The summed E-state index contributed by atoms with van der Waals surface area (Å²) in [7, 11) is 0. The quantitative estimate of drug-likeness (QED) is 0.740. The number of hydrogen-bond acceptors (Lipinski definition) is 2. The lowest BCUT2D eigenvalue weighted by Gasteiger charge is -2.09. The molecule has 0 amide bonds. The molecule has 1 aromatic carbocycles. The SMILES string of the molecule is Cc1cc(F)cc(C)c1CC(C#N)C#N. The van der Waals surface area contributed by atoms with Gasteiger partial charge in [-0.1, -0.05) is 0 Å². The van der Waals surface area contributed by atoms with Crippen LogP contribution in [0.25, 0.3) is 0 Å². The average Bonchev–Trinajstić information content (AvgIpc) is 2.17. The van der Waals surface area contributed by atoms with Crippen molar-refractivity contribution in [2.75, 3.05) is 0 Å². The summed E-state index contributed by atoms with van der Waals surface area (Å²) in [6.45, 7) is 3.58. The first-order valence-corrected chi connectivity index (χ1v) is 4.63. The molecule has 15 heavy (non-hydrogen) atoms. The maximum absolute atomic E-state index is 13.0. The van der Waals surface area contributed by atoms with Gasteiger partial charge < -0.3 is 0 Å². The predicted molar refractivity (Wildman–Crippen MR) is 54.3 cm³/mol. The van der Waals surface area contributed by atoms with E-state index >= 15 is 0 Å². The standard InChI is InChI=1S/C12H11FN2/c1-8-3-11(13)4-9(2)12(8)5-10(6-14)7-15/h3-4,10H,5H2,1-2H3. The fourth-order valence-electron chi connectivity index (χ4n) is 1.59. The van der Waals surface area contributed by atoms with Crippen LogP contribution in [0.1, 0.15) is 16.7 Å². The van der Waals surface area contributed by atoms with Crippen LogP contribution in [0.15, 0.2) is 12.1 Å². The van der Waals surface area contributed by atoms with E-state index in [0.717, 1.165) is 16.7 Å². The van der Waals surface area contributed by atoms with E-state index < -0.39 is 5.92 Å². The van der Waals surface area contributed by atoms with Gasteiger partial charge in [0.05, 0.1) is 12.1 Å². The summed E-state index contributed by atoms with van der Waals surface area (Å²) >= 11 is 0. The number of nitrogens with zero attached hydrogens (tertiary/aromatic N) is 2. The van der Waals surface area contributed by atoms with Gasteiger partial charge in [-0.25, -0.2) is 4.39 Å². The Morgan fingerprint density at radius 3 is 2.07 bits per heavy atom. The number of rotatable bonds is 2. The van der Waals surface area contributed by atoms with Crippen LogP contribution in [0.3, 0.4) is 0 Å². The molecule has 3 heteroatoms. The monoisotopic (exact) mass is 202 g/mol. The van der Waals surface area contributed by atoms with Gasteiger partial charge in [0, 0.05) is 6.42 Å². The Balaban J connectivity index is 3.07. The molecule has 0 aliphatic carbocycles. The third-order valence-corrected chi connectivity index (χ3v) is 2.38. The van der Waals surface area contributed by atoms with Gasteiger partial charge in [-0.3, -0.25) is 0 Å². The van der Waals surface area contributed by atoms with Crippen molar-refractivity contribution in [2.24, 2.45) is 5.92 Å². The van der Waals surface area contributed by atoms with E-state index in [1.54, 1.807) is 13.8 Å². The summed E-state index contributed by atoms with van der Waals surface area (Å²) in [6, 6.07) is 6.68. The van der Waals surface area contributed by atoms with Crippen LogP contribution < -0.4 is 0 Å². The molecule has 1 rings (SSSR count). The zero-order chi connectivity index (χ0) is 11.4. The van der Waals surface area contributed by atoms with Crippen molar-refractivity contribution in [3.8, 4) is 12.1 Å². The highest BCUT2D eigenvalue weighted by molar-refractivity contribution is 5.35. The summed E-state index contributed by atoms with van der Waals surface area (Å²) in [5.41, 5.74) is 2.48. The van der Waals surface area contributed by atoms with Crippen LogP contribution in [0, 0.1) is 48.2 Å². The zero-order valence-corrected chi connectivity index (χ0v) is 8.71. The molecular weight excluding hydrogens is 191 g/mol. The first kappa shape index (κ1) is 11.2. The second-order valence-electron chi connectivity index (χ2n) is 3.53. The van der Waals surface area contributed by atoms with Gasteiger partial charge in [0.25, 0.3) is 0 Å². The average molecular weight is 202 g/mol. The van der Waals surface area contributed by atoms with Crippen LogP contribution >= 0.6 is 0 Å². The first-order valence-electron chi connectivity index (χ1n) is 4.63. The van der Waals surface area contributed by atoms with Crippen LogP contribution in [0.2, 0.25) is 0 Å². The van der Waals surface area contributed by atoms with Crippen molar-refractivity contribution in [2.45, 2.75) is 20.3 Å². The zero-order valence-electron chi connectivity index (χ0n) is 8.71. The second-order valence-corrected chi connectivity index (χ2v) is 3.53. The Hall–Kier alpha value is -1.87. The van der Waals surface area contributed by atoms with E-state index in [0.29, 0.717) is 6.42 Å². The molecule has 1 aromatic rings. The smallest absolute Gasteiger partial charge is 0.137 e. The number of nitriles is 2. The van der Waals surface area contributed by atoms with Crippen molar-refractivity contribution in [3.05, 3.63) is 34.6 Å². The van der Waals surface area contributed by atoms with Crippen LogP contribution in [-0.4, -0.2) is 0 Å². The number of halogens is 1. The molecule has 0 bridgehead atoms. The molecule has 0 radical (unpaired) electrons. The predicted octanol–water partition coefficient (Wildman–Crippen LogP) is 2.65.